The molecule has 1 aliphatic rings. The molecular weight excluding hydrogens is 380 g/mol. The maximum Gasteiger partial charge on any atom is 0.322 e. The van der Waals surface area contributed by atoms with E-state index in [9.17, 15) is 14.7 Å². The van der Waals surface area contributed by atoms with Crippen LogP contribution in [0.1, 0.15) is 50.9 Å². The summed E-state index contributed by atoms with van der Waals surface area (Å²) in [5.74, 6) is -0.609. The number of benzene rings is 1. The molecule has 1 saturated heterocycles. The van der Waals surface area contributed by atoms with Crippen molar-refractivity contribution in [3.63, 3.8) is 0 Å². The predicted molar refractivity (Wildman–Crippen MR) is 112 cm³/mol. The molecule has 2 atom stereocenters. The lowest BCUT2D eigenvalue weighted by molar-refractivity contribution is -0.0173. The van der Waals surface area contributed by atoms with E-state index in [1.54, 1.807) is 19.9 Å². The van der Waals surface area contributed by atoms with Crippen molar-refractivity contribution in [3.8, 4) is 0 Å². The van der Waals surface area contributed by atoms with Gasteiger partial charge in [-0.3, -0.25) is 9.69 Å². The summed E-state index contributed by atoms with van der Waals surface area (Å²) < 4.78 is 0. The van der Waals surface area contributed by atoms with Gasteiger partial charge in [0.05, 0.1) is 16.2 Å². The summed E-state index contributed by atoms with van der Waals surface area (Å²) in [4.78, 5) is 28.4. The van der Waals surface area contributed by atoms with Gasteiger partial charge >= 0.3 is 6.03 Å². The van der Waals surface area contributed by atoms with Crippen molar-refractivity contribution in [1.82, 2.24) is 9.80 Å². The molecule has 0 aliphatic carbocycles. The highest BCUT2D eigenvalue weighted by atomic mass is 35.5. The summed E-state index contributed by atoms with van der Waals surface area (Å²) in [6.07, 6.45) is 1.70. The van der Waals surface area contributed by atoms with Gasteiger partial charge < -0.3 is 21.1 Å². The van der Waals surface area contributed by atoms with Crippen LogP contribution in [0, 0.1) is 0 Å². The second-order valence-corrected chi connectivity index (χ2v) is 8.41. The van der Waals surface area contributed by atoms with Crippen LogP contribution in [0.4, 0.5) is 10.5 Å². The number of aliphatic hydroxyl groups is 1. The Labute approximate surface area is 171 Å². The molecule has 2 rings (SSSR count). The van der Waals surface area contributed by atoms with Crippen molar-refractivity contribution in [2.24, 2.45) is 5.73 Å². The van der Waals surface area contributed by atoms with E-state index in [0.717, 1.165) is 12.8 Å². The Balaban J connectivity index is 2.13. The van der Waals surface area contributed by atoms with Crippen LogP contribution < -0.4 is 11.1 Å². The first-order chi connectivity index (χ1) is 13.1. The van der Waals surface area contributed by atoms with E-state index < -0.39 is 11.5 Å². The van der Waals surface area contributed by atoms with E-state index >= 15 is 0 Å². The molecule has 28 heavy (non-hydrogen) atoms. The average Bonchev–Trinajstić information content (AvgIpc) is 2.59. The van der Waals surface area contributed by atoms with Crippen LogP contribution in [0.3, 0.4) is 0 Å². The topological polar surface area (TPSA) is 98.9 Å². The van der Waals surface area contributed by atoms with E-state index in [0.29, 0.717) is 25.3 Å². The van der Waals surface area contributed by atoms with Gasteiger partial charge in [0, 0.05) is 37.4 Å². The number of piperazine rings is 1. The summed E-state index contributed by atoms with van der Waals surface area (Å²) in [5.41, 5.74) is 5.22. The lowest BCUT2D eigenvalue weighted by Gasteiger charge is -2.47. The van der Waals surface area contributed by atoms with Crippen molar-refractivity contribution in [2.75, 3.05) is 25.0 Å². The largest absolute Gasteiger partial charge is 0.389 e. The van der Waals surface area contributed by atoms with Crippen molar-refractivity contribution in [3.05, 3.63) is 28.8 Å². The lowest BCUT2D eigenvalue weighted by atomic mass is 10.00. The zero-order valence-corrected chi connectivity index (χ0v) is 17.8. The van der Waals surface area contributed by atoms with Gasteiger partial charge in [0.15, 0.2) is 0 Å². The number of hydrogen-bond acceptors (Lipinski definition) is 4. The number of primary amides is 1. The summed E-state index contributed by atoms with van der Waals surface area (Å²) in [5, 5.41) is 13.3. The highest BCUT2D eigenvalue weighted by Gasteiger charge is 2.36. The Hall–Kier alpha value is -1.83. The second kappa shape index (κ2) is 9.11. The number of rotatable bonds is 6. The fourth-order valence-electron chi connectivity index (χ4n) is 3.67. The Bertz CT molecular complexity index is 720. The maximum absolute atomic E-state index is 12.9. The highest BCUT2D eigenvalue weighted by Crippen LogP contribution is 2.25. The molecule has 156 valence electrons. The highest BCUT2D eigenvalue weighted by molar-refractivity contribution is 6.34. The number of nitrogens with one attached hydrogen (secondary N) is 1. The van der Waals surface area contributed by atoms with E-state index in [4.69, 9.17) is 17.3 Å². The monoisotopic (exact) mass is 410 g/mol. The Morgan fingerprint density at radius 1 is 1.25 bits per heavy atom. The number of carbonyl (C=O) groups excluding carboxylic acids is 2. The summed E-state index contributed by atoms with van der Waals surface area (Å²) in [6, 6.07) is 4.69. The molecule has 8 heteroatoms. The number of hydrogen-bond donors (Lipinski definition) is 3. The van der Waals surface area contributed by atoms with Gasteiger partial charge in [-0.25, -0.2) is 4.79 Å². The van der Waals surface area contributed by atoms with Gasteiger partial charge in [-0.1, -0.05) is 25.4 Å². The number of amides is 3. The van der Waals surface area contributed by atoms with Crippen molar-refractivity contribution in [1.29, 1.82) is 0 Å². The molecule has 4 N–H and O–H groups in total. The number of anilines is 1. The van der Waals surface area contributed by atoms with Crippen LogP contribution in [-0.4, -0.2) is 64.2 Å². The first kappa shape index (κ1) is 22.5. The van der Waals surface area contributed by atoms with Crippen molar-refractivity contribution in [2.45, 2.75) is 58.2 Å². The van der Waals surface area contributed by atoms with E-state index in [2.05, 4.69) is 24.1 Å². The zero-order valence-electron chi connectivity index (χ0n) is 17.0. The molecule has 3 amide bonds. The number of nitrogens with zero attached hydrogens (tertiary/aromatic N) is 2. The number of urea groups is 1. The third kappa shape index (κ3) is 5.59. The van der Waals surface area contributed by atoms with Crippen molar-refractivity contribution >= 4 is 29.2 Å². The Morgan fingerprint density at radius 3 is 2.39 bits per heavy atom. The van der Waals surface area contributed by atoms with Gasteiger partial charge in [0.25, 0.3) is 0 Å². The number of carbonyl (C=O) groups is 2. The van der Waals surface area contributed by atoms with Gasteiger partial charge in [0.1, 0.15) is 0 Å². The number of β-amino-alcohol motifs (C(OH)–C–C–N with tert-alkyl or cyclic N) is 1. The van der Waals surface area contributed by atoms with E-state index in [1.165, 1.54) is 12.1 Å². The van der Waals surface area contributed by atoms with E-state index in [-0.39, 0.29) is 28.7 Å². The molecular formula is C20H31ClN4O3. The maximum atomic E-state index is 12.9. The third-order valence-corrected chi connectivity index (χ3v) is 5.40. The van der Waals surface area contributed by atoms with Crippen LogP contribution in [0.15, 0.2) is 18.2 Å². The van der Waals surface area contributed by atoms with Crippen LogP contribution in [0.5, 0.6) is 0 Å². The second-order valence-electron chi connectivity index (χ2n) is 8.01. The zero-order chi connectivity index (χ0) is 21.1. The standard InChI is InChI=1S/C20H31ClN4O3/c1-5-14-11-25(15(6-2)10-24(14)12-20(3,4)28)19(27)23-13-7-8-16(18(22)26)17(21)9-13/h7-9,14-15,28H,5-6,10-12H2,1-4H3,(H2,22,26)(H,23,27)/t14-,15-/m1/s1. The van der Waals surface area contributed by atoms with Gasteiger partial charge in [-0.2, -0.15) is 0 Å². The minimum Gasteiger partial charge on any atom is -0.389 e. The first-order valence-electron chi connectivity index (χ1n) is 9.69. The quantitative estimate of drug-likeness (QED) is 0.671. The predicted octanol–water partition coefficient (Wildman–Crippen LogP) is 2.92. The molecule has 1 aromatic carbocycles. The summed E-state index contributed by atoms with van der Waals surface area (Å²) in [6.45, 7) is 9.63. The minimum absolute atomic E-state index is 0.0468. The molecule has 0 spiro atoms. The summed E-state index contributed by atoms with van der Waals surface area (Å²) in [7, 11) is 0. The fraction of sp³-hybridized carbons (Fsp3) is 0.600. The smallest absolute Gasteiger partial charge is 0.322 e. The number of halogens is 1. The average molecular weight is 411 g/mol. The van der Waals surface area contributed by atoms with Gasteiger partial charge in [-0.05, 0) is 44.9 Å². The normalized spacial score (nSPS) is 20.9. The molecule has 0 bridgehead atoms. The molecule has 0 radical (unpaired) electrons. The van der Waals surface area contributed by atoms with Gasteiger partial charge in [0.2, 0.25) is 5.91 Å². The molecule has 0 saturated carbocycles. The van der Waals surface area contributed by atoms with Crippen molar-refractivity contribution < 1.29 is 14.7 Å². The lowest BCUT2D eigenvalue weighted by Crippen LogP contribution is -2.62. The minimum atomic E-state index is -0.783. The van der Waals surface area contributed by atoms with Crippen LogP contribution in [-0.2, 0) is 0 Å². The Kier molecular flexibility index (Phi) is 7.31. The third-order valence-electron chi connectivity index (χ3n) is 5.09. The van der Waals surface area contributed by atoms with E-state index in [1.807, 2.05) is 4.90 Å². The molecule has 0 aromatic heterocycles. The molecule has 1 aromatic rings. The molecule has 7 nitrogen and oxygen atoms in total. The molecule has 0 unspecified atom stereocenters. The number of nitrogens with two attached hydrogens (primary N) is 1. The van der Waals surface area contributed by atoms with Crippen LogP contribution in [0.25, 0.3) is 0 Å². The molecule has 1 fully saturated rings. The fourth-order valence-corrected chi connectivity index (χ4v) is 3.95. The SMILES string of the molecule is CC[C@@H]1CN(C(=O)Nc2ccc(C(N)=O)c(Cl)c2)[C@H](CC)CN1CC(C)(C)O. The van der Waals surface area contributed by atoms with Gasteiger partial charge in [-0.15, -0.1) is 0 Å². The van der Waals surface area contributed by atoms with Crippen LogP contribution >= 0.6 is 11.6 Å². The summed E-state index contributed by atoms with van der Waals surface area (Å²) >= 11 is 6.08. The molecule has 1 heterocycles. The Morgan fingerprint density at radius 2 is 1.89 bits per heavy atom. The first-order valence-corrected chi connectivity index (χ1v) is 10.1. The molecule has 1 aliphatic heterocycles. The van der Waals surface area contributed by atoms with Crippen LogP contribution in [0.2, 0.25) is 5.02 Å².